The zero-order chi connectivity index (χ0) is 20.1. The van der Waals surface area contributed by atoms with E-state index in [-0.39, 0.29) is 5.91 Å². The smallest absolute Gasteiger partial charge is 0.246 e. The Morgan fingerprint density at radius 1 is 1.10 bits per heavy atom. The van der Waals surface area contributed by atoms with Gasteiger partial charge in [-0.2, -0.15) is 0 Å². The van der Waals surface area contributed by atoms with Crippen molar-refractivity contribution in [1.82, 2.24) is 9.80 Å². The van der Waals surface area contributed by atoms with Gasteiger partial charge in [0.25, 0.3) is 0 Å². The number of methoxy groups -OCH3 is 1. The number of nitrogens with zero attached hydrogens (tertiary/aromatic N) is 2. The molecule has 0 N–H and O–H groups in total. The van der Waals surface area contributed by atoms with Gasteiger partial charge in [-0.25, -0.2) is 0 Å². The van der Waals surface area contributed by atoms with Gasteiger partial charge in [-0.15, -0.1) is 0 Å². The van der Waals surface area contributed by atoms with Crippen LogP contribution in [0.2, 0.25) is 0 Å². The molecule has 2 heterocycles. The van der Waals surface area contributed by atoms with Crippen molar-refractivity contribution in [3.8, 4) is 11.5 Å². The average Bonchev–Trinajstić information content (AvgIpc) is 3.10. The molecule has 152 valence electrons. The molecule has 0 saturated carbocycles. The quantitative estimate of drug-likeness (QED) is 0.732. The highest BCUT2D eigenvalue weighted by Crippen LogP contribution is 2.26. The first-order valence-electron chi connectivity index (χ1n) is 10.3. The lowest BCUT2D eigenvalue weighted by atomic mass is 10.1. The maximum Gasteiger partial charge on any atom is 0.246 e. The topological polar surface area (TPSA) is 42.0 Å². The summed E-state index contributed by atoms with van der Waals surface area (Å²) in [5.41, 5.74) is 3.55. The van der Waals surface area contributed by atoms with E-state index < -0.39 is 0 Å². The lowest BCUT2D eigenvalue weighted by molar-refractivity contribution is -0.125. The highest BCUT2D eigenvalue weighted by molar-refractivity contribution is 5.91. The van der Waals surface area contributed by atoms with Crippen LogP contribution >= 0.6 is 0 Å². The normalized spacial score (nSPS) is 17.1. The summed E-state index contributed by atoms with van der Waals surface area (Å²) in [6.07, 6.45) is 5.56. The minimum Gasteiger partial charge on any atom is -0.497 e. The van der Waals surface area contributed by atoms with Gasteiger partial charge in [0.15, 0.2) is 0 Å². The standard InChI is InChI=1S/C24H28N2O3/c1-28-22-7-3-20(4-8-22)18-25-12-2-13-26(15-14-25)24(27)10-6-19-5-9-23-21(17-19)11-16-29-23/h3-10,17H,2,11-16,18H2,1H3/b10-6+. The average molecular weight is 392 g/mol. The van der Waals surface area contributed by atoms with Crippen molar-refractivity contribution in [2.75, 3.05) is 39.9 Å². The van der Waals surface area contributed by atoms with Gasteiger partial charge in [0.2, 0.25) is 5.91 Å². The number of hydrogen-bond donors (Lipinski definition) is 0. The Kier molecular flexibility index (Phi) is 6.15. The Hall–Kier alpha value is -2.79. The molecule has 4 rings (SSSR count). The van der Waals surface area contributed by atoms with Crippen molar-refractivity contribution in [3.63, 3.8) is 0 Å². The molecule has 5 heteroatoms. The SMILES string of the molecule is COc1ccc(CN2CCCN(C(=O)/C=C/c3ccc4c(c3)CCO4)CC2)cc1. The summed E-state index contributed by atoms with van der Waals surface area (Å²) < 4.78 is 10.8. The van der Waals surface area contributed by atoms with Gasteiger partial charge < -0.3 is 14.4 Å². The van der Waals surface area contributed by atoms with Crippen molar-refractivity contribution in [2.24, 2.45) is 0 Å². The molecule has 29 heavy (non-hydrogen) atoms. The van der Waals surface area contributed by atoms with Gasteiger partial charge in [0.1, 0.15) is 11.5 Å². The first-order chi connectivity index (χ1) is 14.2. The zero-order valence-electron chi connectivity index (χ0n) is 17.0. The molecule has 0 radical (unpaired) electrons. The van der Waals surface area contributed by atoms with Crippen molar-refractivity contribution < 1.29 is 14.3 Å². The Morgan fingerprint density at radius 3 is 2.79 bits per heavy atom. The van der Waals surface area contributed by atoms with Gasteiger partial charge in [0, 0.05) is 45.2 Å². The Balaban J connectivity index is 1.31. The summed E-state index contributed by atoms with van der Waals surface area (Å²) in [4.78, 5) is 17.1. The molecule has 1 amide bonds. The van der Waals surface area contributed by atoms with E-state index in [1.54, 1.807) is 13.2 Å². The molecule has 0 spiro atoms. The lowest BCUT2D eigenvalue weighted by Crippen LogP contribution is -2.34. The van der Waals surface area contributed by atoms with E-state index in [2.05, 4.69) is 23.1 Å². The molecular weight excluding hydrogens is 364 g/mol. The summed E-state index contributed by atoms with van der Waals surface area (Å²) in [6, 6.07) is 14.3. The summed E-state index contributed by atoms with van der Waals surface area (Å²) in [5, 5.41) is 0. The summed E-state index contributed by atoms with van der Waals surface area (Å²) in [5.74, 6) is 1.94. The maximum atomic E-state index is 12.7. The first kappa shape index (κ1) is 19.5. The van der Waals surface area contributed by atoms with Crippen LogP contribution in [0.5, 0.6) is 11.5 Å². The van der Waals surface area contributed by atoms with Crippen LogP contribution in [0.1, 0.15) is 23.1 Å². The third-order valence-corrected chi connectivity index (χ3v) is 5.60. The Morgan fingerprint density at radius 2 is 1.97 bits per heavy atom. The molecular formula is C24H28N2O3. The molecule has 0 atom stereocenters. The summed E-state index contributed by atoms with van der Waals surface area (Å²) in [7, 11) is 1.68. The van der Waals surface area contributed by atoms with Crippen molar-refractivity contribution >= 4 is 12.0 Å². The summed E-state index contributed by atoms with van der Waals surface area (Å²) >= 11 is 0. The van der Waals surface area contributed by atoms with E-state index in [0.29, 0.717) is 0 Å². The van der Waals surface area contributed by atoms with Crippen LogP contribution in [0.15, 0.2) is 48.5 Å². The van der Waals surface area contributed by atoms with Crippen LogP contribution in [-0.2, 0) is 17.8 Å². The van der Waals surface area contributed by atoms with Gasteiger partial charge in [0.05, 0.1) is 13.7 Å². The number of amides is 1. The number of benzene rings is 2. The fraction of sp³-hybridized carbons (Fsp3) is 0.375. The third-order valence-electron chi connectivity index (χ3n) is 5.60. The van der Waals surface area contributed by atoms with Crippen LogP contribution in [0.4, 0.5) is 0 Å². The van der Waals surface area contributed by atoms with Crippen LogP contribution < -0.4 is 9.47 Å². The largest absolute Gasteiger partial charge is 0.497 e. The molecule has 5 nitrogen and oxygen atoms in total. The molecule has 1 saturated heterocycles. The molecule has 2 aromatic rings. The predicted octanol–water partition coefficient (Wildman–Crippen LogP) is 3.38. The van der Waals surface area contributed by atoms with Crippen molar-refractivity contribution in [2.45, 2.75) is 19.4 Å². The minimum atomic E-state index is 0.0908. The second-order valence-corrected chi connectivity index (χ2v) is 7.60. The molecule has 0 unspecified atom stereocenters. The fourth-order valence-corrected chi connectivity index (χ4v) is 3.92. The summed E-state index contributed by atoms with van der Waals surface area (Å²) in [6.45, 7) is 5.12. The van der Waals surface area contributed by atoms with Crippen LogP contribution in [-0.4, -0.2) is 55.6 Å². The maximum absolute atomic E-state index is 12.7. The number of fused-ring (bicyclic) bond motifs is 1. The molecule has 2 aromatic carbocycles. The molecule has 1 fully saturated rings. The van der Waals surface area contributed by atoms with Crippen LogP contribution in [0.25, 0.3) is 6.08 Å². The third kappa shape index (κ3) is 4.98. The van der Waals surface area contributed by atoms with Gasteiger partial charge >= 0.3 is 0 Å². The molecule has 2 aliphatic rings. The highest BCUT2D eigenvalue weighted by atomic mass is 16.5. The van der Waals surface area contributed by atoms with Gasteiger partial charge in [-0.3, -0.25) is 9.69 Å². The van der Waals surface area contributed by atoms with Crippen LogP contribution in [0.3, 0.4) is 0 Å². The molecule has 0 aromatic heterocycles. The second-order valence-electron chi connectivity index (χ2n) is 7.60. The fourth-order valence-electron chi connectivity index (χ4n) is 3.92. The predicted molar refractivity (Wildman–Crippen MR) is 114 cm³/mol. The van der Waals surface area contributed by atoms with Gasteiger partial charge in [-0.05, 0) is 53.5 Å². The zero-order valence-corrected chi connectivity index (χ0v) is 17.0. The number of rotatable bonds is 5. The second kappa shape index (κ2) is 9.14. The van der Waals surface area contributed by atoms with Crippen molar-refractivity contribution in [3.05, 3.63) is 65.2 Å². The number of hydrogen-bond acceptors (Lipinski definition) is 4. The van der Waals surface area contributed by atoms with E-state index in [0.717, 1.165) is 69.2 Å². The van der Waals surface area contributed by atoms with Gasteiger partial charge in [-0.1, -0.05) is 18.2 Å². The number of carbonyl (C=O) groups is 1. The molecule has 0 bridgehead atoms. The monoisotopic (exact) mass is 392 g/mol. The van der Waals surface area contributed by atoms with E-state index in [4.69, 9.17) is 9.47 Å². The van der Waals surface area contributed by atoms with E-state index in [1.165, 1.54) is 11.1 Å². The first-order valence-corrected chi connectivity index (χ1v) is 10.3. The number of carbonyl (C=O) groups excluding carboxylic acids is 1. The van der Waals surface area contributed by atoms with Crippen molar-refractivity contribution in [1.29, 1.82) is 0 Å². The lowest BCUT2D eigenvalue weighted by Gasteiger charge is -2.21. The van der Waals surface area contributed by atoms with E-state index in [1.807, 2.05) is 35.2 Å². The Labute approximate surface area is 172 Å². The highest BCUT2D eigenvalue weighted by Gasteiger charge is 2.18. The van der Waals surface area contributed by atoms with E-state index >= 15 is 0 Å². The van der Waals surface area contributed by atoms with E-state index in [9.17, 15) is 4.79 Å². The van der Waals surface area contributed by atoms with Crippen LogP contribution in [0, 0.1) is 0 Å². The molecule has 0 aliphatic carbocycles. The number of ether oxygens (including phenoxy) is 2. The molecule has 2 aliphatic heterocycles. The Bertz CT molecular complexity index is 876. The minimum absolute atomic E-state index is 0.0908.